The summed E-state index contributed by atoms with van der Waals surface area (Å²) >= 11 is 11.4. The quantitative estimate of drug-likeness (QED) is 0.565. The zero-order valence-corrected chi connectivity index (χ0v) is 10.7. The molecular weight excluding hydrogens is 283 g/mol. The van der Waals surface area contributed by atoms with Crippen molar-refractivity contribution in [2.24, 2.45) is 0 Å². The lowest BCUT2D eigenvalue weighted by molar-refractivity contribution is 0.0373. The standard InChI is InChI=1S/C10H12Cl2N2O4/c11-6-1-2-7(12)13-8(6)9(18)14-10(3-15,4-16)5-17/h1-2,15-17H,3-5H2,(H,14,18). The van der Waals surface area contributed by atoms with Gasteiger partial charge in [0.25, 0.3) is 5.91 Å². The number of carbonyl (C=O) groups excluding carboxylic acids is 1. The number of nitrogens with zero attached hydrogens (tertiary/aromatic N) is 1. The first-order chi connectivity index (χ1) is 8.48. The van der Waals surface area contributed by atoms with Crippen LogP contribution in [0.5, 0.6) is 0 Å². The minimum absolute atomic E-state index is 0.0691. The van der Waals surface area contributed by atoms with Gasteiger partial charge in [-0.3, -0.25) is 4.79 Å². The van der Waals surface area contributed by atoms with Crippen LogP contribution in [0.1, 0.15) is 10.5 Å². The first kappa shape index (κ1) is 15.1. The van der Waals surface area contributed by atoms with Crippen LogP contribution in [0.3, 0.4) is 0 Å². The Morgan fingerprint density at radius 2 is 1.78 bits per heavy atom. The average Bonchev–Trinajstić information content (AvgIpc) is 2.38. The summed E-state index contributed by atoms with van der Waals surface area (Å²) in [6.45, 7) is -1.90. The van der Waals surface area contributed by atoms with E-state index in [1.54, 1.807) is 0 Å². The number of rotatable bonds is 5. The lowest BCUT2D eigenvalue weighted by Crippen LogP contribution is -2.57. The van der Waals surface area contributed by atoms with Gasteiger partial charge < -0.3 is 20.6 Å². The summed E-state index contributed by atoms with van der Waals surface area (Å²) in [4.78, 5) is 15.6. The molecular formula is C10H12Cl2N2O4. The Morgan fingerprint density at radius 3 is 2.28 bits per heavy atom. The Kier molecular flexibility index (Phi) is 5.30. The molecule has 4 N–H and O–H groups in total. The molecule has 0 radical (unpaired) electrons. The number of hydrogen-bond donors (Lipinski definition) is 4. The molecule has 0 aromatic carbocycles. The van der Waals surface area contributed by atoms with Crippen LogP contribution in [0.25, 0.3) is 0 Å². The first-order valence-corrected chi connectivity index (χ1v) is 5.71. The van der Waals surface area contributed by atoms with Crippen LogP contribution in [-0.4, -0.2) is 51.6 Å². The van der Waals surface area contributed by atoms with E-state index in [0.29, 0.717) is 0 Å². The molecule has 1 rings (SSSR count). The summed E-state index contributed by atoms with van der Waals surface area (Å²) < 4.78 is 0. The highest BCUT2D eigenvalue weighted by molar-refractivity contribution is 6.34. The van der Waals surface area contributed by atoms with E-state index in [1.807, 2.05) is 0 Å². The van der Waals surface area contributed by atoms with Gasteiger partial charge in [0.15, 0.2) is 0 Å². The molecule has 0 unspecified atom stereocenters. The lowest BCUT2D eigenvalue weighted by atomic mass is 10.0. The summed E-state index contributed by atoms with van der Waals surface area (Å²) in [5.41, 5.74) is -1.69. The van der Waals surface area contributed by atoms with Crippen LogP contribution < -0.4 is 5.32 Å². The maximum Gasteiger partial charge on any atom is 0.272 e. The monoisotopic (exact) mass is 294 g/mol. The normalized spacial score (nSPS) is 11.4. The summed E-state index contributed by atoms with van der Waals surface area (Å²) in [6.07, 6.45) is 0. The maximum absolute atomic E-state index is 11.9. The second-order valence-corrected chi connectivity index (χ2v) is 4.47. The lowest BCUT2D eigenvalue weighted by Gasteiger charge is -2.28. The third-order valence-electron chi connectivity index (χ3n) is 2.31. The van der Waals surface area contributed by atoms with Crippen molar-refractivity contribution in [3.8, 4) is 0 Å². The van der Waals surface area contributed by atoms with Gasteiger partial charge in [0.1, 0.15) is 16.4 Å². The maximum atomic E-state index is 11.9. The molecule has 8 heteroatoms. The van der Waals surface area contributed by atoms with E-state index < -0.39 is 31.3 Å². The van der Waals surface area contributed by atoms with Crippen LogP contribution in [0.2, 0.25) is 10.2 Å². The van der Waals surface area contributed by atoms with E-state index in [4.69, 9.17) is 38.5 Å². The summed E-state index contributed by atoms with van der Waals surface area (Å²) in [5.74, 6) is -0.750. The van der Waals surface area contributed by atoms with Crippen molar-refractivity contribution in [2.75, 3.05) is 19.8 Å². The van der Waals surface area contributed by atoms with Gasteiger partial charge in [-0.2, -0.15) is 0 Å². The molecule has 1 amide bonds. The van der Waals surface area contributed by atoms with E-state index in [2.05, 4.69) is 10.3 Å². The molecule has 1 heterocycles. The van der Waals surface area contributed by atoms with Crippen molar-refractivity contribution in [1.29, 1.82) is 0 Å². The van der Waals surface area contributed by atoms with Crippen LogP contribution in [0, 0.1) is 0 Å². The second-order valence-electron chi connectivity index (χ2n) is 3.67. The second kappa shape index (κ2) is 6.31. The fourth-order valence-electron chi connectivity index (χ4n) is 1.15. The van der Waals surface area contributed by atoms with E-state index >= 15 is 0 Å². The molecule has 0 aliphatic carbocycles. The largest absolute Gasteiger partial charge is 0.394 e. The van der Waals surface area contributed by atoms with Crippen molar-refractivity contribution in [3.05, 3.63) is 28.0 Å². The minimum Gasteiger partial charge on any atom is -0.394 e. The third-order valence-corrected chi connectivity index (χ3v) is 2.83. The van der Waals surface area contributed by atoms with E-state index in [1.165, 1.54) is 12.1 Å². The summed E-state index contributed by atoms with van der Waals surface area (Å²) in [7, 11) is 0. The molecule has 0 aliphatic rings. The predicted molar refractivity (Wildman–Crippen MR) is 65.7 cm³/mol. The van der Waals surface area contributed by atoms with Crippen molar-refractivity contribution in [3.63, 3.8) is 0 Å². The average molecular weight is 295 g/mol. The van der Waals surface area contributed by atoms with E-state index in [0.717, 1.165) is 0 Å². The topological polar surface area (TPSA) is 103 Å². The number of carbonyl (C=O) groups is 1. The number of aliphatic hydroxyl groups is 3. The minimum atomic E-state index is -1.54. The van der Waals surface area contributed by atoms with Gasteiger partial charge in [0.05, 0.1) is 24.8 Å². The highest BCUT2D eigenvalue weighted by atomic mass is 35.5. The molecule has 0 aliphatic heterocycles. The highest BCUT2D eigenvalue weighted by Crippen LogP contribution is 2.17. The molecule has 18 heavy (non-hydrogen) atoms. The molecule has 0 fully saturated rings. The van der Waals surface area contributed by atoms with Gasteiger partial charge in [0, 0.05) is 0 Å². The zero-order chi connectivity index (χ0) is 13.8. The molecule has 0 saturated carbocycles. The van der Waals surface area contributed by atoms with Crippen LogP contribution in [-0.2, 0) is 0 Å². The molecule has 6 nitrogen and oxygen atoms in total. The molecule has 1 aromatic rings. The summed E-state index contributed by atoms with van der Waals surface area (Å²) in [6, 6.07) is 2.81. The van der Waals surface area contributed by atoms with Crippen molar-refractivity contribution in [1.82, 2.24) is 10.3 Å². The molecule has 0 saturated heterocycles. The van der Waals surface area contributed by atoms with Gasteiger partial charge in [-0.1, -0.05) is 23.2 Å². The highest BCUT2D eigenvalue weighted by Gasteiger charge is 2.31. The Balaban J connectivity index is 2.97. The van der Waals surface area contributed by atoms with Gasteiger partial charge in [0.2, 0.25) is 0 Å². The number of amides is 1. The third kappa shape index (κ3) is 3.30. The van der Waals surface area contributed by atoms with Crippen molar-refractivity contribution >= 4 is 29.1 Å². The fraction of sp³-hybridized carbons (Fsp3) is 0.400. The number of nitrogens with one attached hydrogen (secondary N) is 1. The van der Waals surface area contributed by atoms with Crippen LogP contribution in [0.4, 0.5) is 0 Å². The Bertz CT molecular complexity index is 430. The van der Waals surface area contributed by atoms with Crippen molar-refractivity contribution < 1.29 is 20.1 Å². The fourth-order valence-corrected chi connectivity index (χ4v) is 1.48. The number of halogens is 2. The Hall–Kier alpha value is -0.920. The van der Waals surface area contributed by atoms with Crippen molar-refractivity contribution in [2.45, 2.75) is 5.54 Å². The first-order valence-electron chi connectivity index (χ1n) is 4.95. The molecule has 100 valence electrons. The summed E-state index contributed by atoms with van der Waals surface area (Å²) in [5, 5.41) is 29.7. The zero-order valence-electron chi connectivity index (χ0n) is 9.23. The molecule has 0 spiro atoms. The van der Waals surface area contributed by atoms with Gasteiger partial charge in [-0.05, 0) is 12.1 Å². The SMILES string of the molecule is O=C(NC(CO)(CO)CO)c1nc(Cl)ccc1Cl. The number of aromatic nitrogens is 1. The smallest absolute Gasteiger partial charge is 0.272 e. The van der Waals surface area contributed by atoms with Gasteiger partial charge >= 0.3 is 0 Å². The van der Waals surface area contributed by atoms with Crippen LogP contribution >= 0.6 is 23.2 Å². The van der Waals surface area contributed by atoms with Gasteiger partial charge in [-0.25, -0.2) is 4.98 Å². The molecule has 1 aromatic heterocycles. The van der Waals surface area contributed by atoms with E-state index in [-0.39, 0.29) is 15.9 Å². The number of hydrogen-bond acceptors (Lipinski definition) is 5. The number of pyridine rings is 1. The molecule has 0 bridgehead atoms. The van der Waals surface area contributed by atoms with Gasteiger partial charge in [-0.15, -0.1) is 0 Å². The predicted octanol–water partition coefficient (Wildman–Crippen LogP) is -0.166. The molecule has 0 atom stereocenters. The van der Waals surface area contributed by atoms with Crippen LogP contribution in [0.15, 0.2) is 12.1 Å². The van der Waals surface area contributed by atoms with E-state index in [9.17, 15) is 4.79 Å². The Labute approximate surface area is 113 Å². The Morgan fingerprint density at radius 1 is 1.22 bits per heavy atom. The number of aliphatic hydroxyl groups excluding tert-OH is 3.